The SMILES string of the molecule is Cc1cc(B(O)O)c(C=O)cc1OCc1ccccc1. The number of benzene rings is 2. The normalized spacial score (nSPS) is 10.2. The molecule has 2 rings (SSSR count). The molecule has 0 aliphatic rings. The Bertz CT molecular complexity index is 596. The van der Waals surface area contributed by atoms with Crippen LogP contribution in [0.4, 0.5) is 0 Å². The lowest BCUT2D eigenvalue weighted by Gasteiger charge is -2.12. The smallest absolute Gasteiger partial charge is 0.489 e. The molecule has 2 aromatic rings. The third-order valence-electron chi connectivity index (χ3n) is 3.02. The molecule has 0 amide bonds. The Kier molecular flexibility index (Phi) is 4.55. The molecule has 2 N–H and O–H groups in total. The van der Waals surface area contributed by atoms with E-state index in [0.717, 1.165) is 11.1 Å². The van der Waals surface area contributed by atoms with Crippen LogP contribution in [0.5, 0.6) is 5.75 Å². The minimum atomic E-state index is -1.67. The first-order valence-corrected chi connectivity index (χ1v) is 6.24. The van der Waals surface area contributed by atoms with Gasteiger partial charge in [0, 0.05) is 5.56 Å². The topological polar surface area (TPSA) is 66.8 Å². The molecular formula is C15H15BO4. The van der Waals surface area contributed by atoms with E-state index >= 15 is 0 Å². The summed E-state index contributed by atoms with van der Waals surface area (Å²) in [4.78, 5) is 11.0. The van der Waals surface area contributed by atoms with Crippen molar-refractivity contribution >= 4 is 18.9 Å². The first kappa shape index (κ1) is 14.3. The molecule has 4 nitrogen and oxygen atoms in total. The van der Waals surface area contributed by atoms with Crippen LogP contribution in [0.15, 0.2) is 42.5 Å². The molecule has 0 aliphatic carbocycles. The molecular weight excluding hydrogens is 255 g/mol. The Balaban J connectivity index is 2.22. The van der Waals surface area contributed by atoms with E-state index in [0.29, 0.717) is 18.6 Å². The van der Waals surface area contributed by atoms with Crippen LogP contribution in [-0.4, -0.2) is 23.5 Å². The summed E-state index contributed by atoms with van der Waals surface area (Å²) in [6, 6.07) is 12.7. The van der Waals surface area contributed by atoms with E-state index in [9.17, 15) is 14.8 Å². The van der Waals surface area contributed by atoms with Crippen molar-refractivity contribution in [1.29, 1.82) is 0 Å². The average molecular weight is 270 g/mol. The molecule has 0 fully saturated rings. The predicted molar refractivity (Wildman–Crippen MR) is 77.2 cm³/mol. The molecule has 20 heavy (non-hydrogen) atoms. The average Bonchev–Trinajstić information content (AvgIpc) is 2.46. The molecule has 0 radical (unpaired) electrons. The molecule has 0 unspecified atom stereocenters. The maximum Gasteiger partial charge on any atom is 0.489 e. The summed E-state index contributed by atoms with van der Waals surface area (Å²) < 4.78 is 5.68. The number of carbonyl (C=O) groups excluding carboxylic acids is 1. The maximum atomic E-state index is 11.0. The Morgan fingerprint density at radius 1 is 1.20 bits per heavy atom. The lowest BCUT2D eigenvalue weighted by molar-refractivity contribution is 0.112. The van der Waals surface area contributed by atoms with Gasteiger partial charge in [0.05, 0.1) is 0 Å². The fourth-order valence-electron chi connectivity index (χ4n) is 1.94. The molecule has 0 atom stereocenters. The first-order valence-electron chi connectivity index (χ1n) is 6.24. The van der Waals surface area contributed by atoms with Gasteiger partial charge in [0.15, 0.2) is 0 Å². The van der Waals surface area contributed by atoms with Crippen molar-refractivity contribution in [2.24, 2.45) is 0 Å². The fraction of sp³-hybridized carbons (Fsp3) is 0.133. The van der Waals surface area contributed by atoms with E-state index < -0.39 is 7.12 Å². The van der Waals surface area contributed by atoms with Gasteiger partial charge in [-0.1, -0.05) is 36.4 Å². The first-order chi connectivity index (χ1) is 9.61. The monoisotopic (exact) mass is 270 g/mol. The second-order valence-corrected chi connectivity index (χ2v) is 4.51. The minimum Gasteiger partial charge on any atom is -0.489 e. The summed E-state index contributed by atoms with van der Waals surface area (Å²) in [5, 5.41) is 18.4. The van der Waals surface area contributed by atoms with Crippen molar-refractivity contribution in [1.82, 2.24) is 0 Å². The zero-order valence-electron chi connectivity index (χ0n) is 11.1. The summed E-state index contributed by atoms with van der Waals surface area (Å²) in [7, 11) is -1.67. The van der Waals surface area contributed by atoms with Crippen LogP contribution >= 0.6 is 0 Å². The molecule has 2 aromatic carbocycles. The summed E-state index contributed by atoms with van der Waals surface area (Å²) >= 11 is 0. The largest absolute Gasteiger partial charge is 0.489 e. The second-order valence-electron chi connectivity index (χ2n) is 4.51. The maximum absolute atomic E-state index is 11.0. The highest BCUT2D eigenvalue weighted by molar-refractivity contribution is 6.60. The lowest BCUT2D eigenvalue weighted by Crippen LogP contribution is -2.33. The molecule has 0 bridgehead atoms. The third-order valence-corrected chi connectivity index (χ3v) is 3.02. The van der Waals surface area contributed by atoms with Crippen molar-refractivity contribution in [3.8, 4) is 5.75 Å². The highest BCUT2D eigenvalue weighted by Gasteiger charge is 2.18. The Morgan fingerprint density at radius 3 is 2.50 bits per heavy atom. The number of carbonyl (C=O) groups is 1. The number of hydrogen-bond donors (Lipinski definition) is 2. The number of ether oxygens (including phenoxy) is 1. The van der Waals surface area contributed by atoms with E-state index in [2.05, 4.69) is 0 Å². The van der Waals surface area contributed by atoms with Crippen LogP contribution in [0, 0.1) is 6.92 Å². The minimum absolute atomic E-state index is 0.185. The van der Waals surface area contributed by atoms with Crippen LogP contribution in [-0.2, 0) is 6.61 Å². The molecule has 0 saturated carbocycles. The van der Waals surface area contributed by atoms with Gasteiger partial charge in [0.25, 0.3) is 0 Å². The summed E-state index contributed by atoms with van der Waals surface area (Å²) in [5.74, 6) is 0.556. The van der Waals surface area contributed by atoms with E-state index in [1.54, 1.807) is 13.0 Å². The van der Waals surface area contributed by atoms with Crippen molar-refractivity contribution < 1.29 is 19.6 Å². The molecule has 0 aliphatic heterocycles. The van der Waals surface area contributed by atoms with Gasteiger partial charge in [-0.15, -0.1) is 0 Å². The molecule has 0 saturated heterocycles. The van der Waals surface area contributed by atoms with Crippen molar-refractivity contribution in [2.75, 3.05) is 0 Å². The van der Waals surface area contributed by atoms with Crippen LogP contribution in [0.2, 0.25) is 0 Å². The van der Waals surface area contributed by atoms with Gasteiger partial charge < -0.3 is 14.8 Å². The van der Waals surface area contributed by atoms with Crippen molar-refractivity contribution in [2.45, 2.75) is 13.5 Å². The number of hydrogen-bond acceptors (Lipinski definition) is 4. The molecule has 5 heteroatoms. The second kappa shape index (κ2) is 6.37. The van der Waals surface area contributed by atoms with Crippen LogP contribution in [0.1, 0.15) is 21.5 Å². The summed E-state index contributed by atoms with van der Waals surface area (Å²) in [6.07, 6.45) is 0.587. The Morgan fingerprint density at radius 2 is 1.90 bits per heavy atom. The van der Waals surface area contributed by atoms with E-state index in [-0.39, 0.29) is 11.0 Å². The van der Waals surface area contributed by atoms with Gasteiger partial charge in [-0.3, -0.25) is 4.79 Å². The van der Waals surface area contributed by atoms with Gasteiger partial charge >= 0.3 is 7.12 Å². The van der Waals surface area contributed by atoms with Gasteiger partial charge in [-0.25, -0.2) is 0 Å². The van der Waals surface area contributed by atoms with Crippen LogP contribution in [0.3, 0.4) is 0 Å². The van der Waals surface area contributed by atoms with Gasteiger partial charge in [0.1, 0.15) is 18.6 Å². The number of aldehydes is 1. The van der Waals surface area contributed by atoms with E-state index in [1.165, 1.54) is 6.07 Å². The zero-order chi connectivity index (χ0) is 14.5. The van der Waals surface area contributed by atoms with Crippen LogP contribution in [0.25, 0.3) is 0 Å². The predicted octanol–water partition coefficient (Wildman–Crippen LogP) is 1.07. The molecule has 0 spiro atoms. The molecule has 0 heterocycles. The van der Waals surface area contributed by atoms with Gasteiger partial charge in [-0.2, -0.15) is 0 Å². The lowest BCUT2D eigenvalue weighted by atomic mass is 9.76. The zero-order valence-corrected chi connectivity index (χ0v) is 11.1. The quantitative estimate of drug-likeness (QED) is 0.630. The number of aryl methyl sites for hydroxylation is 1. The fourth-order valence-corrected chi connectivity index (χ4v) is 1.94. The van der Waals surface area contributed by atoms with Gasteiger partial charge in [0.2, 0.25) is 0 Å². The van der Waals surface area contributed by atoms with Crippen LogP contribution < -0.4 is 10.2 Å². The highest BCUT2D eigenvalue weighted by Crippen LogP contribution is 2.19. The number of rotatable bonds is 5. The van der Waals surface area contributed by atoms with E-state index in [1.807, 2.05) is 30.3 Å². The van der Waals surface area contributed by atoms with Gasteiger partial charge in [-0.05, 0) is 29.6 Å². The van der Waals surface area contributed by atoms with Crippen molar-refractivity contribution in [3.05, 3.63) is 59.2 Å². The summed E-state index contributed by atoms with van der Waals surface area (Å²) in [5.41, 5.74) is 2.17. The Labute approximate surface area is 117 Å². The standard InChI is InChI=1S/C15H15BO4/c1-11-7-14(16(18)19)13(9-17)8-15(11)20-10-12-5-3-2-4-6-12/h2-9,18-19H,10H2,1H3. The summed E-state index contributed by atoms with van der Waals surface area (Å²) in [6.45, 7) is 2.18. The molecule has 102 valence electrons. The third kappa shape index (κ3) is 3.26. The van der Waals surface area contributed by atoms with E-state index in [4.69, 9.17) is 4.74 Å². The highest BCUT2D eigenvalue weighted by atomic mass is 16.5. The van der Waals surface area contributed by atoms with Crippen molar-refractivity contribution in [3.63, 3.8) is 0 Å². The molecule has 0 aromatic heterocycles. The Hall–Kier alpha value is -2.11.